The van der Waals surface area contributed by atoms with Gasteiger partial charge in [-0.05, 0) is 34.7 Å². The number of carbonyl (C=O) groups is 1. The van der Waals surface area contributed by atoms with E-state index in [1.807, 2.05) is 48.5 Å². The normalized spacial score (nSPS) is 10.3. The van der Waals surface area contributed by atoms with Crippen LogP contribution in [0.2, 0.25) is 0 Å². The molecule has 0 aliphatic carbocycles. The van der Waals surface area contributed by atoms with E-state index in [0.717, 1.165) is 22.3 Å². The fraction of sp³-hybridized carbons (Fsp3) is 0.235. The quantitative estimate of drug-likeness (QED) is 0.850. The summed E-state index contributed by atoms with van der Waals surface area (Å²) in [6.45, 7) is 0.0467. The molecule has 0 aliphatic rings. The van der Waals surface area contributed by atoms with Crippen LogP contribution in [0.25, 0.3) is 11.1 Å². The summed E-state index contributed by atoms with van der Waals surface area (Å²) in [6.07, 6.45) is 1.08. The van der Waals surface area contributed by atoms with Crippen molar-refractivity contribution in [3.8, 4) is 11.1 Å². The summed E-state index contributed by atoms with van der Waals surface area (Å²) in [6, 6.07) is 15.9. The van der Waals surface area contributed by atoms with Crippen LogP contribution in [-0.2, 0) is 22.6 Å². The maximum atomic E-state index is 11.1. The van der Waals surface area contributed by atoms with Crippen LogP contribution >= 0.6 is 0 Å². The third-order valence-corrected chi connectivity index (χ3v) is 3.24. The maximum Gasteiger partial charge on any atom is 0.305 e. The summed E-state index contributed by atoms with van der Waals surface area (Å²) in [5.41, 5.74) is 4.19. The molecule has 0 radical (unpaired) electrons. The molecular formula is C17H18O3. The zero-order valence-electron chi connectivity index (χ0n) is 11.5. The van der Waals surface area contributed by atoms with Gasteiger partial charge in [0.05, 0.1) is 13.7 Å². The molecule has 0 amide bonds. The first-order chi connectivity index (χ1) is 9.72. The van der Waals surface area contributed by atoms with Gasteiger partial charge in [-0.15, -0.1) is 0 Å². The first-order valence-corrected chi connectivity index (χ1v) is 6.59. The molecule has 3 heteroatoms. The van der Waals surface area contributed by atoms with Crippen LogP contribution in [0.5, 0.6) is 0 Å². The summed E-state index contributed by atoms with van der Waals surface area (Å²) in [7, 11) is 1.40. The minimum absolute atomic E-state index is 0.0467. The number of carbonyl (C=O) groups excluding carboxylic acids is 1. The molecule has 0 bridgehead atoms. The monoisotopic (exact) mass is 270 g/mol. The van der Waals surface area contributed by atoms with E-state index < -0.39 is 0 Å². The van der Waals surface area contributed by atoms with Gasteiger partial charge in [0.2, 0.25) is 0 Å². The molecule has 0 aliphatic heterocycles. The summed E-state index contributed by atoms with van der Waals surface area (Å²) in [5, 5.41) is 9.15. The highest BCUT2D eigenvalue weighted by Gasteiger charge is 2.03. The summed E-state index contributed by atoms with van der Waals surface area (Å²) < 4.78 is 4.63. The number of aliphatic hydroxyl groups is 1. The highest BCUT2D eigenvalue weighted by atomic mass is 16.5. The average molecular weight is 270 g/mol. The Morgan fingerprint density at radius 2 is 1.80 bits per heavy atom. The third kappa shape index (κ3) is 3.68. The van der Waals surface area contributed by atoms with Gasteiger partial charge in [0, 0.05) is 6.42 Å². The molecule has 2 rings (SSSR count). The van der Waals surface area contributed by atoms with Gasteiger partial charge in [-0.25, -0.2) is 0 Å². The number of benzene rings is 2. The number of hydrogen-bond acceptors (Lipinski definition) is 3. The molecule has 3 nitrogen and oxygen atoms in total. The molecule has 0 unspecified atom stereocenters. The van der Waals surface area contributed by atoms with Crippen LogP contribution in [0.3, 0.4) is 0 Å². The predicted octanol–water partition coefficient (Wildman–Crippen LogP) is 2.95. The lowest BCUT2D eigenvalue weighted by atomic mass is 10.0. The molecule has 0 saturated carbocycles. The van der Waals surface area contributed by atoms with Crippen molar-refractivity contribution in [3.63, 3.8) is 0 Å². The number of rotatable bonds is 5. The Hall–Kier alpha value is -2.13. The first-order valence-electron chi connectivity index (χ1n) is 6.59. The summed E-state index contributed by atoms with van der Waals surface area (Å²) in [5.74, 6) is -0.190. The number of hydrogen-bond donors (Lipinski definition) is 1. The van der Waals surface area contributed by atoms with Crippen molar-refractivity contribution in [2.24, 2.45) is 0 Å². The van der Waals surface area contributed by atoms with Crippen molar-refractivity contribution in [3.05, 3.63) is 59.7 Å². The second-order valence-electron chi connectivity index (χ2n) is 4.63. The number of aliphatic hydroxyl groups excluding tert-OH is 1. The predicted molar refractivity (Wildman–Crippen MR) is 78.1 cm³/mol. The topological polar surface area (TPSA) is 46.5 Å². The number of aryl methyl sites for hydroxylation is 1. The van der Waals surface area contributed by atoms with Gasteiger partial charge in [-0.2, -0.15) is 0 Å². The second-order valence-corrected chi connectivity index (χ2v) is 4.63. The van der Waals surface area contributed by atoms with E-state index in [0.29, 0.717) is 12.8 Å². The van der Waals surface area contributed by atoms with Gasteiger partial charge in [0.15, 0.2) is 0 Å². The molecule has 0 atom stereocenters. The molecule has 0 heterocycles. The van der Waals surface area contributed by atoms with Gasteiger partial charge in [-0.1, -0.05) is 42.5 Å². The Bertz CT molecular complexity index is 573. The Balaban J connectivity index is 2.09. The van der Waals surface area contributed by atoms with E-state index in [1.165, 1.54) is 7.11 Å². The zero-order valence-corrected chi connectivity index (χ0v) is 11.5. The fourth-order valence-electron chi connectivity index (χ4n) is 2.06. The zero-order chi connectivity index (χ0) is 14.4. The van der Waals surface area contributed by atoms with Crippen LogP contribution in [0, 0.1) is 0 Å². The molecule has 0 saturated heterocycles. The standard InChI is InChI=1S/C17H18O3/c1-20-17(19)10-7-13-5-8-15(9-6-13)16-4-2-3-14(11-16)12-18/h2-6,8-9,11,18H,7,10,12H2,1H3. The molecule has 0 aromatic heterocycles. The van der Waals surface area contributed by atoms with E-state index in [2.05, 4.69) is 4.74 Å². The van der Waals surface area contributed by atoms with Crippen molar-refractivity contribution < 1.29 is 14.6 Å². The Kier molecular flexibility index (Phi) is 4.91. The Morgan fingerprint density at radius 3 is 2.45 bits per heavy atom. The molecule has 1 N–H and O–H groups in total. The molecule has 20 heavy (non-hydrogen) atoms. The maximum absolute atomic E-state index is 11.1. The molecule has 0 spiro atoms. The lowest BCUT2D eigenvalue weighted by molar-refractivity contribution is -0.140. The van der Waals surface area contributed by atoms with Crippen molar-refractivity contribution in [1.29, 1.82) is 0 Å². The number of ether oxygens (including phenoxy) is 1. The van der Waals surface area contributed by atoms with E-state index >= 15 is 0 Å². The Labute approximate surface area is 118 Å². The number of methoxy groups -OCH3 is 1. The van der Waals surface area contributed by atoms with E-state index in [1.54, 1.807) is 0 Å². The lowest BCUT2D eigenvalue weighted by Gasteiger charge is -2.06. The van der Waals surface area contributed by atoms with Crippen molar-refractivity contribution in [2.75, 3.05) is 7.11 Å². The first kappa shape index (κ1) is 14.3. The molecule has 2 aromatic rings. The van der Waals surface area contributed by atoms with Crippen molar-refractivity contribution in [2.45, 2.75) is 19.4 Å². The van der Waals surface area contributed by atoms with Gasteiger partial charge in [0.1, 0.15) is 0 Å². The molecule has 0 fully saturated rings. The van der Waals surface area contributed by atoms with Gasteiger partial charge < -0.3 is 9.84 Å². The average Bonchev–Trinajstić information content (AvgIpc) is 2.53. The van der Waals surface area contributed by atoms with Crippen LogP contribution < -0.4 is 0 Å². The molecule has 104 valence electrons. The highest BCUT2D eigenvalue weighted by Crippen LogP contribution is 2.21. The SMILES string of the molecule is COC(=O)CCc1ccc(-c2cccc(CO)c2)cc1. The Morgan fingerprint density at radius 1 is 1.05 bits per heavy atom. The van der Waals surface area contributed by atoms with Gasteiger partial charge in [-0.3, -0.25) is 4.79 Å². The van der Waals surface area contributed by atoms with Crippen LogP contribution in [0.1, 0.15) is 17.5 Å². The van der Waals surface area contributed by atoms with Crippen LogP contribution in [0.4, 0.5) is 0 Å². The second kappa shape index (κ2) is 6.87. The van der Waals surface area contributed by atoms with Crippen molar-refractivity contribution in [1.82, 2.24) is 0 Å². The van der Waals surface area contributed by atoms with Gasteiger partial charge in [0.25, 0.3) is 0 Å². The minimum Gasteiger partial charge on any atom is -0.469 e. The van der Waals surface area contributed by atoms with Gasteiger partial charge >= 0.3 is 5.97 Å². The highest BCUT2D eigenvalue weighted by molar-refractivity contribution is 5.69. The lowest BCUT2D eigenvalue weighted by Crippen LogP contribution is -2.01. The van der Waals surface area contributed by atoms with E-state index in [9.17, 15) is 4.79 Å². The smallest absolute Gasteiger partial charge is 0.305 e. The molecule has 2 aromatic carbocycles. The van der Waals surface area contributed by atoms with E-state index in [-0.39, 0.29) is 12.6 Å². The summed E-state index contributed by atoms with van der Waals surface area (Å²) in [4.78, 5) is 11.1. The largest absolute Gasteiger partial charge is 0.469 e. The van der Waals surface area contributed by atoms with Crippen LogP contribution in [-0.4, -0.2) is 18.2 Å². The fourth-order valence-corrected chi connectivity index (χ4v) is 2.06. The van der Waals surface area contributed by atoms with Crippen LogP contribution in [0.15, 0.2) is 48.5 Å². The third-order valence-electron chi connectivity index (χ3n) is 3.24. The number of esters is 1. The molecular weight excluding hydrogens is 252 g/mol. The summed E-state index contributed by atoms with van der Waals surface area (Å²) >= 11 is 0. The minimum atomic E-state index is -0.190. The van der Waals surface area contributed by atoms with E-state index in [4.69, 9.17) is 5.11 Å². The van der Waals surface area contributed by atoms with Crippen molar-refractivity contribution >= 4 is 5.97 Å².